The first-order valence-corrected chi connectivity index (χ1v) is 14.4. The van der Waals surface area contributed by atoms with E-state index in [0.717, 1.165) is 16.0 Å². The summed E-state index contributed by atoms with van der Waals surface area (Å²) in [5.74, 6) is 0.0199. The maximum absolute atomic E-state index is 13.5. The molecule has 0 saturated carbocycles. The van der Waals surface area contributed by atoms with Gasteiger partial charge in [0.1, 0.15) is 17.2 Å². The summed E-state index contributed by atoms with van der Waals surface area (Å²) < 4.78 is 10.6. The Morgan fingerprint density at radius 3 is 2.28 bits per heavy atom. The number of carbonyl (C=O) groups excluding carboxylic acids is 3. The van der Waals surface area contributed by atoms with Crippen LogP contribution in [-0.2, 0) is 9.59 Å². The number of thioether (sulfide) groups is 1. The molecule has 1 atom stereocenters. The number of ether oxygens (including phenoxy) is 2. The maximum Gasteiger partial charge on any atom is 0.272 e. The Morgan fingerprint density at radius 2 is 1.56 bits per heavy atom. The summed E-state index contributed by atoms with van der Waals surface area (Å²) in [5, 5.41) is 8.08. The standard InChI is InChI=1S/C34H33N3O5S/c1-22-11-8-9-14-25(22)19-30(37-33(39)24-12-6-5-7-13-24)34(40)35-26-15-10-16-28(20-26)43-23(2)32(38)36-29-18-17-27(41-3)21-31(29)42-4/h5-21,23H,1-4H3,(H,35,40)(H,36,38)(H,37,39)/b30-19-. The lowest BCUT2D eigenvalue weighted by Gasteiger charge is -2.16. The van der Waals surface area contributed by atoms with Crippen molar-refractivity contribution in [3.63, 3.8) is 0 Å². The smallest absolute Gasteiger partial charge is 0.272 e. The monoisotopic (exact) mass is 595 g/mol. The van der Waals surface area contributed by atoms with E-state index in [-0.39, 0.29) is 11.6 Å². The van der Waals surface area contributed by atoms with Crippen molar-refractivity contribution < 1.29 is 23.9 Å². The number of hydrogen-bond donors (Lipinski definition) is 3. The summed E-state index contributed by atoms with van der Waals surface area (Å²) in [6.07, 6.45) is 1.66. The molecule has 0 spiro atoms. The number of rotatable bonds is 11. The zero-order valence-corrected chi connectivity index (χ0v) is 25.2. The highest BCUT2D eigenvalue weighted by atomic mass is 32.2. The SMILES string of the molecule is COc1ccc(NC(=O)C(C)Sc2cccc(NC(=O)/C(=C/c3ccccc3C)NC(=O)c3ccccc3)c2)c(OC)c1. The van der Waals surface area contributed by atoms with Crippen LogP contribution < -0.4 is 25.4 Å². The van der Waals surface area contributed by atoms with Crippen molar-refractivity contribution in [2.24, 2.45) is 0 Å². The average Bonchev–Trinajstić information content (AvgIpc) is 3.02. The van der Waals surface area contributed by atoms with Crippen LogP contribution in [0, 0.1) is 6.92 Å². The lowest BCUT2D eigenvalue weighted by Crippen LogP contribution is -2.30. The molecule has 220 valence electrons. The van der Waals surface area contributed by atoms with Crippen LogP contribution in [0.1, 0.15) is 28.4 Å². The van der Waals surface area contributed by atoms with E-state index in [1.165, 1.54) is 18.9 Å². The summed E-state index contributed by atoms with van der Waals surface area (Å²) in [6.45, 7) is 3.73. The number of hydrogen-bond acceptors (Lipinski definition) is 6. The van der Waals surface area contributed by atoms with E-state index in [0.29, 0.717) is 28.4 Å². The van der Waals surface area contributed by atoms with Gasteiger partial charge in [-0.2, -0.15) is 0 Å². The minimum atomic E-state index is -0.480. The quantitative estimate of drug-likeness (QED) is 0.134. The Balaban J connectivity index is 1.48. The van der Waals surface area contributed by atoms with Gasteiger partial charge in [0.25, 0.3) is 11.8 Å². The molecule has 0 aliphatic rings. The van der Waals surface area contributed by atoms with Gasteiger partial charge in [0.2, 0.25) is 5.91 Å². The number of carbonyl (C=O) groups is 3. The molecule has 43 heavy (non-hydrogen) atoms. The molecule has 0 aliphatic heterocycles. The number of nitrogens with one attached hydrogen (secondary N) is 3. The van der Waals surface area contributed by atoms with Crippen LogP contribution in [0.5, 0.6) is 11.5 Å². The number of amides is 3. The van der Waals surface area contributed by atoms with Crippen LogP contribution >= 0.6 is 11.8 Å². The molecule has 8 nitrogen and oxygen atoms in total. The van der Waals surface area contributed by atoms with Crippen molar-refractivity contribution in [3.05, 3.63) is 119 Å². The van der Waals surface area contributed by atoms with Gasteiger partial charge in [-0.1, -0.05) is 48.5 Å². The van der Waals surface area contributed by atoms with Gasteiger partial charge in [-0.25, -0.2) is 0 Å². The predicted octanol–water partition coefficient (Wildman–Crippen LogP) is 6.54. The summed E-state index contributed by atoms with van der Waals surface area (Å²) >= 11 is 1.34. The molecule has 0 aliphatic carbocycles. The zero-order chi connectivity index (χ0) is 30.8. The van der Waals surface area contributed by atoms with Crippen molar-refractivity contribution in [1.29, 1.82) is 0 Å². The molecule has 0 fully saturated rings. The summed E-state index contributed by atoms with van der Waals surface area (Å²) in [7, 11) is 3.08. The molecule has 0 aromatic heterocycles. The Bertz CT molecular complexity index is 1640. The molecule has 0 radical (unpaired) electrons. The Labute approximate surface area is 255 Å². The van der Waals surface area contributed by atoms with Crippen molar-refractivity contribution in [1.82, 2.24) is 5.32 Å². The van der Waals surface area contributed by atoms with Crippen LogP contribution in [0.2, 0.25) is 0 Å². The van der Waals surface area contributed by atoms with Gasteiger partial charge in [0.05, 0.1) is 25.2 Å². The van der Waals surface area contributed by atoms with E-state index in [1.807, 2.05) is 43.3 Å². The second kappa shape index (κ2) is 14.7. The van der Waals surface area contributed by atoms with Crippen molar-refractivity contribution in [2.45, 2.75) is 24.0 Å². The van der Waals surface area contributed by atoms with E-state index in [4.69, 9.17) is 9.47 Å². The molecule has 0 bridgehead atoms. The first-order valence-electron chi connectivity index (χ1n) is 13.5. The minimum absolute atomic E-state index is 0.0994. The highest BCUT2D eigenvalue weighted by Crippen LogP contribution is 2.31. The Hall–Kier alpha value is -5.02. The lowest BCUT2D eigenvalue weighted by atomic mass is 10.1. The molecular weight excluding hydrogens is 562 g/mol. The number of methoxy groups -OCH3 is 2. The lowest BCUT2D eigenvalue weighted by molar-refractivity contribution is -0.115. The number of anilines is 2. The third-order valence-electron chi connectivity index (χ3n) is 6.46. The third-order valence-corrected chi connectivity index (χ3v) is 7.55. The first kappa shape index (κ1) is 30.9. The molecule has 3 amide bonds. The van der Waals surface area contributed by atoms with Crippen LogP contribution in [0.25, 0.3) is 6.08 Å². The molecule has 4 aromatic rings. The Kier molecular flexibility index (Phi) is 10.6. The zero-order valence-electron chi connectivity index (χ0n) is 24.3. The third kappa shape index (κ3) is 8.50. The number of aryl methyl sites for hydroxylation is 1. The summed E-state index contributed by atoms with van der Waals surface area (Å²) in [6, 6.07) is 28.6. The van der Waals surface area contributed by atoms with E-state index in [1.54, 1.807) is 80.8 Å². The molecule has 3 N–H and O–H groups in total. The second-order valence-corrected chi connectivity index (χ2v) is 10.9. The van der Waals surface area contributed by atoms with Gasteiger partial charge in [0, 0.05) is 22.2 Å². The molecule has 4 aromatic carbocycles. The van der Waals surface area contributed by atoms with E-state index >= 15 is 0 Å². The van der Waals surface area contributed by atoms with E-state index < -0.39 is 17.1 Å². The fraction of sp³-hybridized carbons (Fsp3) is 0.147. The Morgan fingerprint density at radius 1 is 0.814 bits per heavy atom. The maximum atomic E-state index is 13.5. The molecule has 0 saturated heterocycles. The van der Waals surface area contributed by atoms with Gasteiger partial charge in [-0.05, 0) is 73.5 Å². The van der Waals surface area contributed by atoms with Crippen molar-refractivity contribution in [3.8, 4) is 11.5 Å². The molecule has 0 heterocycles. The molecule has 4 rings (SSSR count). The fourth-order valence-corrected chi connectivity index (χ4v) is 5.01. The topological polar surface area (TPSA) is 106 Å². The highest BCUT2D eigenvalue weighted by molar-refractivity contribution is 8.00. The van der Waals surface area contributed by atoms with Gasteiger partial charge in [-0.3, -0.25) is 14.4 Å². The fourth-order valence-electron chi connectivity index (χ4n) is 4.09. The molecular formula is C34H33N3O5S. The largest absolute Gasteiger partial charge is 0.497 e. The van der Waals surface area contributed by atoms with Crippen LogP contribution in [0.3, 0.4) is 0 Å². The van der Waals surface area contributed by atoms with Crippen LogP contribution in [0.15, 0.2) is 108 Å². The minimum Gasteiger partial charge on any atom is -0.497 e. The summed E-state index contributed by atoms with van der Waals surface area (Å²) in [4.78, 5) is 40.2. The molecule has 9 heteroatoms. The average molecular weight is 596 g/mol. The van der Waals surface area contributed by atoms with E-state index in [9.17, 15) is 14.4 Å². The second-order valence-electron chi connectivity index (χ2n) is 9.53. The van der Waals surface area contributed by atoms with Crippen molar-refractivity contribution in [2.75, 3.05) is 24.9 Å². The first-order chi connectivity index (χ1) is 20.8. The normalized spacial score (nSPS) is 11.7. The van der Waals surface area contributed by atoms with Crippen LogP contribution in [0.4, 0.5) is 11.4 Å². The molecule has 1 unspecified atom stereocenters. The van der Waals surface area contributed by atoms with Crippen LogP contribution in [-0.4, -0.2) is 37.2 Å². The van der Waals surface area contributed by atoms with Gasteiger partial charge < -0.3 is 25.4 Å². The number of benzene rings is 4. The van der Waals surface area contributed by atoms with Gasteiger partial charge >= 0.3 is 0 Å². The van der Waals surface area contributed by atoms with Gasteiger partial charge in [-0.15, -0.1) is 11.8 Å². The van der Waals surface area contributed by atoms with E-state index in [2.05, 4.69) is 16.0 Å². The van der Waals surface area contributed by atoms with Crippen molar-refractivity contribution >= 4 is 46.9 Å². The predicted molar refractivity (Wildman–Crippen MR) is 172 cm³/mol. The highest BCUT2D eigenvalue weighted by Gasteiger charge is 2.19. The summed E-state index contributed by atoms with van der Waals surface area (Å²) in [5.41, 5.74) is 3.35. The van der Waals surface area contributed by atoms with Gasteiger partial charge in [0.15, 0.2) is 0 Å².